The van der Waals surface area contributed by atoms with Crippen LogP contribution in [-0.2, 0) is 4.79 Å². The summed E-state index contributed by atoms with van der Waals surface area (Å²) in [6.07, 6.45) is 0. The predicted octanol–water partition coefficient (Wildman–Crippen LogP) is 4.73. The topological polar surface area (TPSA) is 46.2 Å². The largest absolute Gasteiger partial charge is 0.325 e. The molecule has 5 heteroatoms. The number of carbonyl (C=O) groups is 2. The summed E-state index contributed by atoms with van der Waals surface area (Å²) in [6, 6.07) is 16.6. The Bertz CT molecular complexity index is 656. The Morgan fingerprint density at radius 2 is 1.55 bits per heavy atom. The maximum Gasteiger partial charge on any atom is 0.239 e. The van der Waals surface area contributed by atoms with Gasteiger partial charge in [0.15, 0.2) is 5.78 Å². The molecule has 0 aliphatic carbocycles. The van der Waals surface area contributed by atoms with E-state index in [2.05, 4.69) is 37.2 Å². The van der Waals surface area contributed by atoms with Gasteiger partial charge < -0.3 is 5.32 Å². The van der Waals surface area contributed by atoms with E-state index in [-0.39, 0.29) is 16.5 Å². The number of benzene rings is 2. The highest BCUT2D eigenvalue weighted by Gasteiger charge is 2.24. The van der Waals surface area contributed by atoms with Gasteiger partial charge in [0, 0.05) is 11.3 Å². The molecule has 0 fully saturated rings. The Kier molecular flexibility index (Phi) is 5.91. The Labute approximate surface area is 146 Å². The standard InChI is InChI=1S/C17H15Br2NO2/c1-11(21)12-7-9-14(10-8-12)20-17(22)16(19)15(18)13-5-3-2-4-6-13/h2-10,15-16H,1H3,(H,20,22)/t15-,16+/m1/s1. The van der Waals surface area contributed by atoms with Gasteiger partial charge in [0.1, 0.15) is 4.83 Å². The van der Waals surface area contributed by atoms with E-state index < -0.39 is 4.83 Å². The molecule has 0 saturated heterocycles. The fourth-order valence-electron chi connectivity index (χ4n) is 1.94. The minimum atomic E-state index is -0.414. The maximum atomic E-state index is 12.3. The second kappa shape index (κ2) is 7.70. The molecule has 22 heavy (non-hydrogen) atoms. The first-order valence-corrected chi connectivity index (χ1v) is 8.57. The average molecular weight is 425 g/mol. The lowest BCUT2D eigenvalue weighted by Gasteiger charge is -2.17. The number of amides is 1. The molecule has 0 aliphatic heterocycles. The summed E-state index contributed by atoms with van der Waals surface area (Å²) in [7, 11) is 0. The second-order valence-electron chi connectivity index (χ2n) is 4.84. The zero-order chi connectivity index (χ0) is 16.1. The third-order valence-electron chi connectivity index (χ3n) is 3.18. The van der Waals surface area contributed by atoms with Crippen LogP contribution in [-0.4, -0.2) is 16.5 Å². The van der Waals surface area contributed by atoms with Crippen LogP contribution in [0.15, 0.2) is 54.6 Å². The third-order valence-corrected chi connectivity index (χ3v) is 5.90. The first kappa shape index (κ1) is 16.9. The van der Waals surface area contributed by atoms with Crippen molar-refractivity contribution in [3.05, 3.63) is 65.7 Å². The van der Waals surface area contributed by atoms with Crippen molar-refractivity contribution in [3.8, 4) is 0 Å². The summed E-state index contributed by atoms with van der Waals surface area (Å²) in [6.45, 7) is 1.51. The van der Waals surface area contributed by atoms with E-state index >= 15 is 0 Å². The molecule has 0 bridgehead atoms. The average Bonchev–Trinajstić information content (AvgIpc) is 2.54. The van der Waals surface area contributed by atoms with Crippen LogP contribution in [0.2, 0.25) is 0 Å². The molecular weight excluding hydrogens is 410 g/mol. The Hall–Kier alpha value is -1.46. The summed E-state index contributed by atoms with van der Waals surface area (Å²) in [4.78, 5) is 23.0. The quantitative estimate of drug-likeness (QED) is 0.557. The molecule has 2 rings (SSSR count). The van der Waals surface area contributed by atoms with Gasteiger partial charge in [0.25, 0.3) is 0 Å². The summed E-state index contributed by atoms with van der Waals surface area (Å²) in [5, 5.41) is 2.83. The van der Waals surface area contributed by atoms with Gasteiger partial charge in [0.2, 0.25) is 5.91 Å². The molecule has 114 valence electrons. The van der Waals surface area contributed by atoms with Crippen LogP contribution in [0, 0.1) is 0 Å². The van der Waals surface area contributed by atoms with Gasteiger partial charge in [-0.25, -0.2) is 0 Å². The van der Waals surface area contributed by atoms with Crippen molar-refractivity contribution < 1.29 is 9.59 Å². The maximum absolute atomic E-state index is 12.3. The summed E-state index contributed by atoms with van der Waals surface area (Å²) < 4.78 is 0. The van der Waals surface area contributed by atoms with Gasteiger partial charge in [-0.05, 0) is 36.8 Å². The van der Waals surface area contributed by atoms with E-state index in [0.717, 1.165) is 5.56 Å². The van der Waals surface area contributed by atoms with Crippen LogP contribution in [0.4, 0.5) is 5.69 Å². The van der Waals surface area contributed by atoms with Gasteiger partial charge in [-0.3, -0.25) is 9.59 Å². The smallest absolute Gasteiger partial charge is 0.239 e. The SMILES string of the molecule is CC(=O)c1ccc(NC(=O)[C@@H](Br)[C@H](Br)c2ccccc2)cc1. The van der Waals surface area contributed by atoms with E-state index in [0.29, 0.717) is 11.3 Å². The van der Waals surface area contributed by atoms with Crippen LogP contribution in [0.1, 0.15) is 27.7 Å². The van der Waals surface area contributed by atoms with Crippen molar-refractivity contribution in [2.45, 2.75) is 16.6 Å². The number of rotatable bonds is 5. The normalized spacial score (nSPS) is 13.2. The van der Waals surface area contributed by atoms with Gasteiger partial charge in [-0.2, -0.15) is 0 Å². The van der Waals surface area contributed by atoms with Crippen molar-refractivity contribution in [2.24, 2.45) is 0 Å². The van der Waals surface area contributed by atoms with E-state index in [1.807, 2.05) is 30.3 Å². The third kappa shape index (κ3) is 4.27. The van der Waals surface area contributed by atoms with Crippen LogP contribution < -0.4 is 5.32 Å². The van der Waals surface area contributed by atoms with Crippen molar-refractivity contribution in [1.29, 1.82) is 0 Å². The van der Waals surface area contributed by atoms with Crippen molar-refractivity contribution >= 4 is 49.2 Å². The van der Waals surface area contributed by atoms with E-state index in [1.165, 1.54) is 6.92 Å². The van der Waals surface area contributed by atoms with Gasteiger partial charge in [-0.1, -0.05) is 62.2 Å². The molecule has 2 aromatic rings. The first-order chi connectivity index (χ1) is 10.5. The minimum absolute atomic E-state index is 0.000782. The van der Waals surface area contributed by atoms with Crippen LogP contribution in [0.5, 0.6) is 0 Å². The Balaban J connectivity index is 2.03. The summed E-state index contributed by atoms with van der Waals surface area (Å²) >= 11 is 6.97. The number of halogens is 2. The van der Waals surface area contributed by atoms with Crippen LogP contribution in [0.25, 0.3) is 0 Å². The highest BCUT2D eigenvalue weighted by molar-refractivity contribution is 9.12. The van der Waals surface area contributed by atoms with E-state index in [9.17, 15) is 9.59 Å². The fourth-order valence-corrected chi connectivity index (χ4v) is 2.90. The number of hydrogen-bond acceptors (Lipinski definition) is 2. The highest BCUT2D eigenvalue weighted by atomic mass is 79.9. The molecule has 0 unspecified atom stereocenters. The number of carbonyl (C=O) groups excluding carboxylic acids is 2. The molecule has 0 aromatic heterocycles. The van der Waals surface area contributed by atoms with Crippen LogP contribution >= 0.6 is 31.9 Å². The second-order valence-corrected chi connectivity index (χ2v) is 6.81. The van der Waals surface area contributed by atoms with Crippen LogP contribution in [0.3, 0.4) is 0 Å². The number of hydrogen-bond donors (Lipinski definition) is 1. The fraction of sp³-hybridized carbons (Fsp3) is 0.176. The van der Waals surface area contributed by atoms with Gasteiger partial charge in [0.05, 0.1) is 4.83 Å². The summed E-state index contributed by atoms with van der Waals surface area (Å²) in [5.41, 5.74) is 2.30. The predicted molar refractivity (Wildman–Crippen MR) is 95.9 cm³/mol. The molecule has 0 heterocycles. The Morgan fingerprint density at radius 1 is 0.955 bits per heavy atom. The lowest BCUT2D eigenvalue weighted by molar-refractivity contribution is -0.115. The molecule has 0 radical (unpaired) electrons. The lowest BCUT2D eigenvalue weighted by Crippen LogP contribution is -2.26. The van der Waals surface area contributed by atoms with Gasteiger partial charge >= 0.3 is 0 Å². The number of anilines is 1. The molecule has 0 spiro atoms. The van der Waals surface area contributed by atoms with Crippen molar-refractivity contribution in [1.82, 2.24) is 0 Å². The number of alkyl halides is 2. The number of nitrogens with one attached hydrogen (secondary N) is 1. The Morgan fingerprint density at radius 3 is 2.09 bits per heavy atom. The van der Waals surface area contributed by atoms with Crippen molar-refractivity contribution in [2.75, 3.05) is 5.32 Å². The zero-order valence-electron chi connectivity index (χ0n) is 11.9. The van der Waals surface area contributed by atoms with Crippen molar-refractivity contribution in [3.63, 3.8) is 0 Å². The summed E-state index contributed by atoms with van der Waals surface area (Å²) in [5.74, 6) is -0.151. The lowest BCUT2D eigenvalue weighted by atomic mass is 10.1. The molecule has 1 amide bonds. The first-order valence-electron chi connectivity index (χ1n) is 6.74. The minimum Gasteiger partial charge on any atom is -0.325 e. The molecule has 3 nitrogen and oxygen atoms in total. The molecule has 2 aromatic carbocycles. The number of ketones is 1. The molecule has 2 atom stereocenters. The molecule has 0 saturated carbocycles. The molecular formula is C17H15Br2NO2. The highest BCUT2D eigenvalue weighted by Crippen LogP contribution is 2.31. The number of Topliss-reactive ketones (excluding diaryl/α,β-unsaturated/α-hetero) is 1. The van der Waals surface area contributed by atoms with Gasteiger partial charge in [-0.15, -0.1) is 0 Å². The zero-order valence-corrected chi connectivity index (χ0v) is 15.1. The molecule has 1 N–H and O–H groups in total. The van der Waals surface area contributed by atoms with E-state index in [1.54, 1.807) is 24.3 Å². The monoisotopic (exact) mass is 423 g/mol. The van der Waals surface area contributed by atoms with E-state index in [4.69, 9.17) is 0 Å². The molecule has 0 aliphatic rings.